The molecule has 0 saturated carbocycles. The minimum atomic E-state index is 0.554. The maximum Gasteiger partial charge on any atom is 0.164 e. The number of nitrogens with zero attached hydrogens (tertiary/aromatic N) is 6. The van der Waals surface area contributed by atoms with Gasteiger partial charge in [0.05, 0.1) is 0 Å². The highest BCUT2D eigenvalue weighted by Gasteiger charge is 2.19. The van der Waals surface area contributed by atoms with Gasteiger partial charge in [0.2, 0.25) is 0 Å². The third-order valence-corrected chi connectivity index (χ3v) is 10.7. The van der Waals surface area contributed by atoms with Crippen LogP contribution in [0.5, 0.6) is 0 Å². The Hall–Kier alpha value is -8.42. The summed E-state index contributed by atoms with van der Waals surface area (Å²) in [6, 6.07) is 59.4. The number of allylic oxidation sites excluding steroid dienone is 5. The van der Waals surface area contributed by atoms with Gasteiger partial charge in [-0.15, -0.1) is 0 Å². The number of furan rings is 1. The van der Waals surface area contributed by atoms with E-state index < -0.39 is 0 Å². The van der Waals surface area contributed by atoms with E-state index in [9.17, 15) is 0 Å². The average Bonchev–Trinajstić information content (AvgIpc) is 3.73. The summed E-state index contributed by atoms with van der Waals surface area (Å²) in [5.41, 5.74) is 11.1. The molecule has 0 spiro atoms. The molecule has 0 fully saturated rings. The van der Waals surface area contributed by atoms with Crippen LogP contribution in [-0.2, 0) is 0 Å². The monoisotopic (exact) mass is 798 g/mol. The molecule has 0 atom stereocenters. The minimum absolute atomic E-state index is 0.554. The SMILES string of the molecule is C=C/C=C(\C=C/C)c1nc(-c2ccccc2)nc(-c2cccc3oc4ccc(-c5cccc(-c6cccc(-c7nc(-c8ccccc8)nc(-c8ccccc8)n7)c6)c5)cc4c23)n1. The predicted octanol–water partition coefficient (Wildman–Crippen LogP) is 13.8. The molecule has 7 aromatic carbocycles. The van der Waals surface area contributed by atoms with Gasteiger partial charge >= 0.3 is 0 Å². The normalized spacial score (nSPS) is 11.7. The van der Waals surface area contributed by atoms with Crippen molar-refractivity contribution >= 4 is 27.5 Å². The van der Waals surface area contributed by atoms with E-state index in [2.05, 4.69) is 73.3 Å². The highest BCUT2D eigenvalue weighted by molar-refractivity contribution is 6.12. The van der Waals surface area contributed by atoms with E-state index in [1.165, 1.54) is 0 Å². The maximum atomic E-state index is 6.47. The summed E-state index contributed by atoms with van der Waals surface area (Å²) in [5, 5.41) is 1.91. The number of hydrogen-bond acceptors (Lipinski definition) is 7. The van der Waals surface area contributed by atoms with Crippen LogP contribution in [0.3, 0.4) is 0 Å². The molecular formula is C55H38N6O. The Morgan fingerprint density at radius 2 is 0.903 bits per heavy atom. The minimum Gasteiger partial charge on any atom is -0.456 e. The van der Waals surface area contributed by atoms with Crippen molar-refractivity contribution in [1.29, 1.82) is 0 Å². The first kappa shape index (κ1) is 37.8. The maximum absolute atomic E-state index is 6.47. The van der Waals surface area contributed by atoms with Crippen molar-refractivity contribution in [3.05, 3.63) is 213 Å². The van der Waals surface area contributed by atoms with E-state index in [0.29, 0.717) is 34.9 Å². The van der Waals surface area contributed by atoms with Crippen molar-refractivity contribution in [3.8, 4) is 79.2 Å². The molecule has 0 N–H and O–H groups in total. The van der Waals surface area contributed by atoms with Crippen molar-refractivity contribution in [2.45, 2.75) is 6.92 Å². The lowest BCUT2D eigenvalue weighted by Crippen LogP contribution is -2.02. The van der Waals surface area contributed by atoms with Crippen LogP contribution in [0.25, 0.3) is 107 Å². The van der Waals surface area contributed by atoms with Crippen LogP contribution in [0.2, 0.25) is 0 Å². The highest BCUT2D eigenvalue weighted by Crippen LogP contribution is 2.39. The standard InChI is InChI=1S/C55H38N6O/c1-3-17-36(18-4-2)50-56-53(39-23-12-7-13-24-39)61-55(60-50)45-29-16-30-48-49(45)46-35-43(31-32-47(46)62-48)41-26-14-25-40(33-41)42-27-15-28-44(34-42)54-58-51(37-19-8-5-9-20-37)57-52(59-54)38-21-10-6-11-22-38/h3-35H,1H2,2H3/b18-4-,36-17+. The number of benzene rings is 7. The highest BCUT2D eigenvalue weighted by atomic mass is 16.3. The second-order valence-electron chi connectivity index (χ2n) is 14.7. The molecule has 0 aliphatic carbocycles. The largest absolute Gasteiger partial charge is 0.456 e. The van der Waals surface area contributed by atoms with Crippen LogP contribution in [0.4, 0.5) is 0 Å². The molecule has 0 amide bonds. The summed E-state index contributed by atoms with van der Waals surface area (Å²) in [4.78, 5) is 29.9. The van der Waals surface area contributed by atoms with Gasteiger partial charge in [-0.1, -0.05) is 176 Å². The molecule has 7 heteroatoms. The summed E-state index contributed by atoms with van der Waals surface area (Å²) in [6.07, 6.45) is 7.61. The molecule has 3 heterocycles. The molecule has 0 radical (unpaired) electrons. The number of aromatic nitrogens is 6. The topological polar surface area (TPSA) is 90.5 Å². The van der Waals surface area contributed by atoms with Gasteiger partial charge in [0.25, 0.3) is 0 Å². The molecule has 0 bridgehead atoms. The van der Waals surface area contributed by atoms with Gasteiger partial charge in [-0.3, -0.25) is 0 Å². The summed E-state index contributed by atoms with van der Waals surface area (Å²) >= 11 is 0. The molecule has 0 unspecified atom stereocenters. The van der Waals surface area contributed by atoms with Crippen molar-refractivity contribution in [3.63, 3.8) is 0 Å². The molecule has 7 nitrogen and oxygen atoms in total. The summed E-state index contributed by atoms with van der Waals surface area (Å²) in [6.45, 7) is 5.91. The molecule has 0 saturated heterocycles. The fourth-order valence-electron chi connectivity index (χ4n) is 7.70. The second-order valence-corrected chi connectivity index (χ2v) is 14.7. The van der Waals surface area contributed by atoms with Gasteiger partial charge < -0.3 is 4.42 Å². The Morgan fingerprint density at radius 1 is 0.435 bits per heavy atom. The molecule has 10 rings (SSSR count). The van der Waals surface area contributed by atoms with Crippen LogP contribution < -0.4 is 0 Å². The molecule has 0 aliphatic rings. The lowest BCUT2D eigenvalue weighted by atomic mass is 9.96. The lowest BCUT2D eigenvalue weighted by Gasteiger charge is -2.11. The van der Waals surface area contributed by atoms with Crippen LogP contribution >= 0.6 is 0 Å². The third kappa shape index (κ3) is 7.51. The Morgan fingerprint density at radius 3 is 1.48 bits per heavy atom. The first-order valence-electron chi connectivity index (χ1n) is 20.4. The Balaban J connectivity index is 1.05. The van der Waals surface area contributed by atoms with E-state index in [4.69, 9.17) is 34.3 Å². The fraction of sp³-hybridized carbons (Fsp3) is 0.0182. The van der Waals surface area contributed by atoms with Crippen LogP contribution in [0, 0.1) is 0 Å². The second kappa shape index (κ2) is 16.7. The van der Waals surface area contributed by atoms with E-state index >= 15 is 0 Å². The van der Waals surface area contributed by atoms with E-state index in [1.807, 2.05) is 134 Å². The van der Waals surface area contributed by atoms with Crippen molar-refractivity contribution in [1.82, 2.24) is 29.9 Å². The zero-order valence-electron chi connectivity index (χ0n) is 33.9. The quantitative estimate of drug-likeness (QED) is 0.127. The number of fused-ring (bicyclic) bond motifs is 3. The fourth-order valence-corrected chi connectivity index (χ4v) is 7.70. The zero-order valence-corrected chi connectivity index (χ0v) is 33.9. The first-order valence-corrected chi connectivity index (χ1v) is 20.4. The van der Waals surface area contributed by atoms with Gasteiger partial charge in [0.1, 0.15) is 11.2 Å². The van der Waals surface area contributed by atoms with Crippen molar-refractivity contribution < 1.29 is 4.42 Å². The molecule has 10 aromatic rings. The molecule has 3 aromatic heterocycles. The summed E-state index contributed by atoms with van der Waals surface area (Å²) in [7, 11) is 0. The Bertz CT molecular complexity index is 3260. The van der Waals surface area contributed by atoms with Gasteiger partial charge in [0.15, 0.2) is 34.9 Å². The summed E-state index contributed by atoms with van der Waals surface area (Å²) < 4.78 is 6.47. The Kier molecular flexibility index (Phi) is 10.2. The third-order valence-electron chi connectivity index (χ3n) is 10.7. The van der Waals surface area contributed by atoms with E-state index in [1.54, 1.807) is 6.08 Å². The van der Waals surface area contributed by atoms with Crippen molar-refractivity contribution in [2.24, 2.45) is 0 Å². The van der Waals surface area contributed by atoms with Gasteiger partial charge in [0, 0.05) is 44.2 Å². The number of rotatable bonds is 10. The van der Waals surface area contributed by atoms with Gasteiger partial charge in [-0.2, -0.15) is 0 Å². The Labute approximate surface area is 359 Å². The van der Waals surface area contributed by atoms with E-state index in [0.717, 1.165) is 77.6 Å². The zero-order chi connectivity index (χ0) is 41.8. The van der Waals surface area contributed by atoms with Crippen LogP contribution in [0.1, 0.15) is 12.7 Å². The average molecular weight is 799 g/mol. The first-order chi connectivity index (χ1) is 30.6. The lowest BCUT2D eigenvalue weighted by molar-refractivity contribution is 0.669. The summed E-state index contributed by atoms with van der Waals surface area (Å²) in [5.74, 6) is 3.56. The molecule has 294 valence electrons. The smallest absolute Gasteiger partial charge is 0.164 e. The van der Waals surface area contributed by atoms with Gasteiger partial charge in [-0.05, 0) is 59.5 Å². The predicted molar refractivity (Wildman–Crippen MR) is 252 cm³/mol. The molecule has 0 aliphatic heterocycles. The van der Waals surface area contributed by atoms with Gasteiger partial charge in [-0.25, -0.2) is 29.9 Å². The van der Waals surface area contributed by atoms with Crippen LogP contribution in [-0.4, -0.2) is 29.9 Å². The van der Waals surface area contributed by atoms with E-state index in [-0.39, 0.29) is 0 Å². The molecule has 62 heavy (non-hydrogen) atoms. The number of hydrogen-bond donors (Lipinski definition) is 0. The van der Waals surface area contributed by atoms with Crippen LogP contribution in [0.15, 0.2) is 211 Å². The van der Waals surface area contributed by atoms with Crippen molar-refractivity contribution in [2.75, 3.05) is 0 Å². The molecular weight excluding hydrogens is 761 g/mol.